The minimum Gasteiger partial charge on any atom is -0.360 e. The normalized spacial score (nSPS) is 15.1. The number of aromatic nitrogens is 1. The van der Waals surface area contributed by atoms with Crippen LogP contribution in [-0.2, 0) is 12.8 Å². The van der Waals surface area contributed by atoms with Gasteiger partial charge < -0.3 is 15.1 Å². The Morgan fingerprint density at radius 2 is 2.08 bits per heavy atom. The minimum absolute atomic E-state index is 0. The molecule has 0 bridgehead atoms. The van der Waals surface area contributed by atoms with Gasteiger partial charge in [-0.2, -0.15) is 0 Å². The van der Waals surface area contributed by atoms with E-state index in [2.05, 4.69) is 51.5 Å². The maximum absolute atomic E-state index is 4.84. The first kappa shape index (κ1) is 21.4. The SMILES string of the molecule is CCNC(=NCCc1ncc(CC)s1)N1CCN(c2cccs2)CC1.I. The van der Waals surface area contributed by atoms with Crippen LogP contribution in [0, 0.1) is 0 Å². The van der Waals surface area contributed by atoms with E-state index in [4.69, 9.17) is 4.99 Å². The standard InChI is InChI=1S/C18H27N5S2.HI/c1-3-15-14-21-16(25-15)7-8-20-18(19-4-2)23-11-9-22(10-12-23)17-6-5-13-24-17;/h5-6,13-14H,3-4,7-12H2,1-2H3,(H,19,20);1H. The van der Waals surface area contributed by atoms with Crippen LogP contribution >= 0.6 is 46.7 Å². The third kappa shape index (κ3) is 5.82. The zero-order valence-electron chi connectivity index (χ0n) is 15.5. The summed E-state index contributed by atoms with van der Waals surface area (Å²) in [4.78, 5) is 15.5. The fraction of sp³-hybridized carbons (Fsp3) is 0.556. The summed E-state index contributed by atoms with van der Waals surface area (Å²) in [5.74, 6) is 1.04. The molecule has 1 aliphatic rings. The van der Waals surface area contributed by atoms with Crippen molar-refractivity contribution in [3.05, 3.63) is 33.6 Å². The molecule has 2 aromatic heterocycles. The van der Waals surface area contributed by atoms with Crippen LogP contribution in [-0.4, -0.2) is 55.1 Å². The zero-order valence-corrected chi connectivity index (χ0v) is 19.4. The van der Waals surface area contributed by atoms with Crippen molar-refractivity contribution in [1.29, 1.82) is 0 Å². The molecule has 0 atom stereocenters. The highest BCUT2D eigenvalue weighted by molar-refractivity contribution is 14.0. The second-order valence-corrected chi connectivity index (χ2v) is 8.11. The summed E-state index contributed by atoms with van der Waals surface area (Å²) in [5, 5.41) is 8.16. The number of guanidine groups is 1. The van der Waals surface area contributed by atoms with E-state index in [1.54, 1.807) is 0 Å². The molecular weight excluding hydrogens is 477 g/mol. The molecule has 0 spiro atoms. The van der Waals surface area contributed by atoms with Crippen LogP contribution in [0.5, 0.6) is 0 Å². The fourth-order valence-electron chi connectivity index (χ4n) is 2.90. The van der Waals surface area contributed by atoms with Crippen molar-refractivity contribution in [2.45, 2.75) is 26.7 Å². The van der Waals surface area contributed by atoms with Gasteiger partial charge in [0, 0.05) is 56.8 Å². The molecule has 1 saturated heterocycles. The predicted octanol–water partition coefficient (Wildman–Crippen LogP) is 3.72. The third-order valence-electron chi connectivity index (χ3n) is 4.27. The number of thiazole rings is 1. The molecule has 1 fully saturated rings. The predicted molar refractivity (Wildman–Crippen MR) is 125 cm³/mol. The van der Waals surface area contributed by atoms with Gasteiger partial charge in [-0.25, -0.2) is 4.98 Å². The lowest BCUT2D eigenvalue weighted by atomic mass is 10.3. The highest BCUT2D eigenvalue weighted by atomic mass is 127. The molecule has 0 radical (unpaired) electrons. The maximum atomic E-state index is 4.84. The first-order valence-corrected chi connectivity index (χ1v) is 10.7. The lowest BCUT2D eigenvalue weighted by molar-refractivity contribution is 0.373. The summed E-state index contributed by atoms with van der Waals surface area (Å²) in [7, 11) is 0. The second kappa shape index (κ2) is 11.1. The number of hydrogen-bond acceptors (Lipinski definition) is 5. The van der Waals surface area contributed by atoms with Gasteiger partial charge in [-0.05, 0) is 30.9 Å². The molecule has 144 valence electrons. The van der Waals surface area contributed by atoms with E-state index in [1.807, 2.05) is 28.9 Å². The fourth-order valence-corrected chi connectivity index (χ4v) is 4.54. The Hall–Kier alpha value is -0.870. The first-order chi connectivity index (χ1) is 12.3. The number of aryl methyl sites for hydroxylation is 1. The largest absolute Gasteiger partial charge is 0.360 e. The molecule has 1 aliphatic heterocycles. The topological polar surface area (TPSA) is 43.8 Å². The highest BCUT2D eigenvalue weighted by Gasteiger charge is 2.20. The smallest absolute Gasteiger partial charge is 0.194 e. The molecule has 0 unspecified atom stereocenters. The van der Waals surface area contributed by atoms with E-state index in [-0.39, 0.29) is 24.0 Å². The van der Waals surface area contributed by atoms with Crippen LogP contribution in [0.1, 0.15) is 23.7 Å². The summed E-state index contributed by atoms with van der Waals surface area (Å²) in [5.41, 5.74) is 0. The molecule has 26 heavy (non-hydrogen) atoms. The van der Waals surface area contributed by atoms with Crippen molar-refractivity contribution < 1.29 is 0 Å². The Kier molecular flexibility index (Phi) is 9.13. The van der Waals surface area contributed by atoms with Gasteiger partial charge in [0.15, 0.2) is 5.96 Å². The molecule has 0 aromatic carbocycles. The zero-order chi connectivity index (χ0) is 17.5. The van der Waals surface area contributed by atoms with E-state index in [9.17, 15) is 0 Å². The second-order valence-electron chi connectivity index (χ2n) is 5.98. The molecule has 1 N–H and O–H groups in total. The van der Waals surface area contributed by atoms with Crippen molar-refractivity contribution in [3.63, 3.8) is 0 Å². The first-order valence-electron chi connectivity index (χ1n) is 9.05. The van der Waals surface area contributed by atoms with Crippen molar-refractivity contribution in [2.75, 3.05) is 44.2 Å². The summed E-state index contributed by atoms with van der Waals surface area (Å²) >= 11 is 3.63. The van der Waals surface area contributed by atoms with E-state index in [1.165, 1.54) is 14.9 Å². The average Bonchev–Trinajstić information content (AvgIpc) is 3.33. The van der Waals surface area contributed by atoms with E-state index in [0.717, 1.165) is 58.1 Å². The van der Waals surface area contributed by atoms with Gasteiger partial charge >= 0.3 is 0 Å². The van der Waals surface area contributed by atoms with Gasteiger partial charge in [0.25, 0.3) is 0 Å². The third-order valence-corrected chi connectivity index (χ3v) is 6.40. The van der Waals surface area contributed by atoms with Crippen LogP contribution in [0.3, 0.4) is 0 Å². The van der Waals surface area contributed by atoms with Gasteiger partial charge in [0.1, 0.15) is 0 Å². The number of piperazine rings is 1. The van der Waals surface area contributed by atoms with Crippen molar-refractivity contribution in [1.82, 2.24) is 15.2 Å². The summed E-state index contributed by atoms with van der Waals surface area (Å²) in [6, 6.07) is 4.33. The number of nitrogens with zero attached hydrogens (tertiary/aromatic N) is 4. The van der Waals surface area contributed by atoms with Crippen LogP contribution < -0.4 is 10.2 Å². The number of halogens is 1. The molecule has 0 saturated carbocycles. The lowest BCUT2D eigenvalue weighted by Gasteiger charge is -2.37. The van der Waals surface area contributed by atoms with E-state index >= 15 is 0 Å². The van der Waals surface area contributed by atoms with Crippen LogP contribution in [0.4, 0.5) is 5.00 Å². The molecule has 3 heterocycles. The van der Waals surface area contributed by atoms with E-state index < -0.39 is 0 Å². The Labute approximate surface area is 181 Å². The Morgan fingerprint density at radius 1 is 1.27 bits per heavy atom. The van der Waals surface area contributed by atoms with Gasteiger partial charge in [-0.15, -0.1) is 46.7 Å². The number of hydrogen-bond donors (Lipinski definition) is 1. The Morgan fingerprint density at radius 3 is 2.69 bits per heavy atom. The number of nitrogens with one attached hydrogen (secondary N) is 1. The van der Waals surface area contributed by atoms with Crippen molar-refractivity contribution in [2.24, 2.45) is 4.99 Å². The minimum atomic E-state index is 0. The lowest BCUT2D eigenvalue weighted by Crippen LogP contribution is -2.52. The Balaban J connectivity index is 0.00000243. The van der Waals surface area contributed by atoms with Crippen molar-refractivity contribution >= 4 is 57.6 Å². The quantitative estimate of drug-likeness (QED) is 0.370. The van der Waals surface area contributed by atoms with Gasteiger partial charge in [-0.3, -0.25) is 4.99 Å². The maximum Gasteiger partial charge on any atom is 0.194 e. The molecule has 3 rings (SSSR count). The Bertz CT molecular complexity index is 663. The average molecular weight is 505 g/mol. The molecule has 5 nitrogen and oxygen atoms in total. The van der Waals surface area contributed by atoms with Crippen LogP contribution in [0.25, 0.3) is 0 Å². The molecule has 0 amide bonds. The molecular formula is C18H28IN5S2. The summed E-state index contributed by atoms with van der Waals surface area (Å²) < 4.78 is 0. The molecule has 0 aliphatic carbocycles. The summed E-state index contributed by atoms with van der Waals surface area (Å²) in [6.07, 6.45) is 3.99. The molecule has 2 aromatic rings. The van der Waals surface area contributed by atoms with Gasteiger partial charge in [-0.1, -0.05) is 6.92 Å². The van der Waals surface area contributed by atoms with Crippen LogP contribution in [0.15, 0.2) is 28.7 Å². The monoisotopic (exact) mass is 505 g/mol. The molecule has 8 heteroatoms. The van der Waals surface area contributed by atoms with Crippen LogP contribution in [0.2, 0.25) is 0 Å². The highest BCUT2D eigenvalue weighted by Crippen LogP contribution is 2.22. The van der Waals surface area contributed by atoms with Gasteiger partial charge in [0.2, 0.25) is 0 Å². The van der Waals surface area contributed by atoms with Crippen molar-refractivity contribution in [3.8, 4) is 0 Å². The number of thiophene rings is 1. The number of rotatable bonds is 6. The van der Waals surface area contributed by atoms with E-state index in [0.29, 0.717) is 0 Å². The van der Waals surface area contributed by atoms with Gasteiger partial charge in [0.05, 0.1) is 10.0 Å². The summed E-state index contributed by atoms with van der Waals surface area (Å²) in [6.45, 7) is 10.1. The number of anilines is 1. The number of aliphatic imine (C=N–C) groups is 1.